The van der Waals surface area contributed by atoms with Crippen molar-refractivity contribution in [1.82, 2.24) is 25.1 Å². The molecule has 2 N–H and O–H groups in total. The van der Waals surface area contributed by atoms with E-state index in [0.717, 1.165) is 12.0 Å². The van der Waals surface area contributed by atoms with E-state index in [4.69, 9.17) is 4.74 Å². The van der Waals surface area contributed by atoms with Crippen molar-refractivity contribution >= 4 is 22.5 Å². The van der Waals surface area contributed by atoms with E-state index in [0.29, 0.717) is 47.6 Å². The number of hydrogen-bond acceptors (Lipinski definition) is 5. The summed E-state index contributed by atoms with van der Waals surface area (Å²) in [6.45, 7) is 3.72. The Morgan fingerprint density at radius 3 is 2.83 bits per heavy atom. The number of amides is 1. The van der Waals surface area contributed by atoms with E-state index in [1.807, 2.05) is 37.3 Å². The zero-order chi connectivity index (χ0) is 20.2. The summed E-state index contributed by atoms with van der Waals surface area (Å²) >= 11 is 0. The van der Waals surface area contributed by atoms with Crippen molar-refractivity contribution in [3.63, 3.8) is 0 Å². The Kier molecular flexibility index (Phi) is 5.35. The smallest absolute Gasteiger partial charge is 0.281 e. The predicted octanol–water partition coefficient (Wildman–Crippen LogP) is 2.39. The number of rotatable bonds is 7. The zero-order valence-corrected chi connectivity index (χ0v) is 16.0. The summed E-state index contributed by atoms with van der Waals surface area (Å²) in [6, 6.07) is 14.4. The van der Waals surface area contributed by atoms with Gasteiger partial charge in [-0.15, -0.1) is 0 Å². The van der Waals surface area contributed by atoms with Crippen LogP contribution in [0.4, 0.5) is 0 Å². The molecule has 0 fully saturated rings. The summed E-state index contributed by atoms with van der Waals surface area (Å²) in [7, 11) is 0. The number of ether oxygens (including phenoxy) is 1. The molecule has 0 atom stereocenters. The first kappa shape index (κ1) is 18.8. The highest BCUT2D eigenvalue weighted by atomic mass is 16.5. The molecule has 0 saturated carbocycles. The highest BCUT2D eigenvalue weighted by molar-refractivity contribution is 5.98. The number of aromatic nitrogens is 4. The minimum atomic E-state index is -0.359. The van der Waals surface area contributed by atoms with Crippen LogP contribution in [0.2, 0.25) is 0 Å². The molecule has 8 heteroatoms. The second kappa shape index (κ2) is 8.24. The van der Waals surface area contributed by atoms with Crippen LogP contribution in [-0.2, 0) is 4.74 Å². The fourth-order valence-corrected chi connectivity index (χ4v) is 3.18. The highest BCUT2D eigenvalue weighted by Gasteiger charge is 2.15. The van der Waals surface area contributed by atoms with Crippen LogP contribution in [0.1, 0.15) is 23.7 Å². The maximum Gasteiger partial charge on any atom is 0.281 e. The average molecular weight is 391 g/mol. The van der Waals surface area contributed by atoms with Gasteiger partial charge in [-0.2, -0.15) is 10.1 Å². The molecule has 1 amide bonds. The van der Waals surface area contributed by atoms with Crippen molar-refractivity contribution in [1.29, 1.82) is 0 Å². The summed E-state index contributed by atoms with van der Waals surface area (Å²) in [6.07, 6.45) is 0.738. The molecule has 0 radical (unpaired) electrons. The number of benzene rings is 2. The molecule has 0 spiro atoms. The van der Waals surface area contributed by atoms with Crippen LogP contribution in [0.5, 0.6) is 0 Å². The summed E-state index contributed by atoms with van der Waals surface area (Å²) < 4.78 is 6.90. The van der Waals surface area contributed by atoms with E-state index in [1.54, 1.807) is 22.7 Å². The highest BCUT2D eigenvalue weighted by Crippen LogP contribution is 2.22. The first-order valence-electron chi connectivity index (χ1n) is 9.51. The van der Waals surface area contributed by atoms with Crippen LogP contribution in [0.25, 0.3) is 27.8 Å². The molecule has 2 aromatic carbocycles. The molecular formula is C21H21N5O3. The quantitative estimate of drug-likeness (QED) is 0.471. The number of carbonyl (C=O) groups is 1. The first-order chi connectivity index (χ1) is 14.2. The number of aromatic amines is 1. The molecule has 29 heavy (non-hydrogen) atoms. The van der Waals surface area contributed by atoms with E-state index in [9.17, 15) is 9.59 Å². The van der Waals surface area contributed by atoms with Crippen LogP contribution in [0.3, 0.4) is 0 Å². The fourth-order valence-electron chi connectivity index (χ4n) is 3.18. The number of H-pyrrole nitrogens is 1. The van der Waals surface area contributed by atoms with Gasteiger partial charge in [-0.1, -0.05) is 30.3 Å². The monoisotopic (exact) mass is 391 g/mol. The van der Waals surface area contributed by atoms with Crippen LogP contribution in [0, 0.1) is 0 Å². The van der Waals surface area contributed by atoms with Gasteiger partial charge < -0.3 is 10.1 Å². The number of fused-ring (bicyclic) bond motifs is 3. The Morgan fingerprint density at radius 1 is 1.21 bits per heavy atom. The Hall–Kier alpha value is -3.52. The van der Waals surface area contributed by atoms with Crippen molar-refractivity contribution in [3.05, 3.63) is 64.4 Å². The van der Waals surface area contributed by atoms with Gasteiger partial charge in [0, 0.05) is 30.9 Å². The Balaban J connectivity index is 1.70. The Morgan fingerprint density at radius 2 is 2.03 bits per heavy atom. The molecule has 148 valence electrons. The van der Waals surface area contributed by atoms with Gasteiger partial charge in [0.05, 0.1) is 10.9 Å². The number of hydrogen-bond donors (Lipinski definition) is 2. The molecule has 0 saturated heterocycles. The summed E-state index contributed by atoms with van der Waals surface area (Å²) in [5, 5.41) is 10.5. The second-order valence-corrected chi connectivity index (χ2v) is 6.54. The predicted molar refractivity (Wildman–Crippen MR) is 110 cm³/mol. The lowest BCUT2D eigenvalue weighted by Gasteiger charge is -2.07. The van der Waals surface area contributed by atoms with E-state index < -0.39 is 0 Å². The molecule has 2 heterocycles. The van der Waals surface area contributed by atoms with Gasteiger partial charge in [0.1, 0.15) is 5.69 Å². The van der Waals surface area contributed by atoms with Crippen molar-refractivity contribution in [2.75, 3.05) is 19.8 Å². The lowest BCUT2D eigenvalue weighted by molar-refractivity contribution is 0.0944. The topological polar surface area (TPSA) is 101 Å². The molecule has 0 unspecified atom stereocenters. The van der Waals surface area contributed by atoms with E-state index in [-0.39, 0.29) is 11.5 Å². The van der Waals surface area contributed by atoms with Gasteiger partial charge >= 0.3 is 0 Å². The van der Waals surface area contributed by atoms with Crippen molar-refractivity contribution in [2.45, 2.75) is 13.3 Å². The maximum absolute atomic E-state index is 12.5. The van der Waals surface area contributed by atoms with Crippen LogP contribution in [-0.4, -0.2) is 45.5 Å². The van der Waals surface area contributed by atoms with Gasteiger partial charge in [-0.05, 0) is 31.5 Å². The van der Waals surface area contributed by atoms with Gasteiger partial charge in [0.2, 0.25) is 0 Å². The molecule has 0 aliphatic rings. The van der Waals surface area contributed by atoms with Gasteiger partial charge in [-0.25, -0.2) is 9.73 Å². The summed E-state index contributed by atoms with van der Waals surface area (Å²) in [5.41, 5.74) is 2.50. The van der Waals surface area contributed by atoms with Crippen LogP contribution in [0.15, 0.2) is 53.3 Å². The third-order valence-electron chi connectivity index (χ3n) is 4.63. The molecule has 0 aliphatic carbocycles. The van der Waals surface area contributed by atoms with Crippen molar-refractivity contribution in [3.8, 4) is 11.3 Å². The van der Waals surface area contributed by atoms with E-state index in [1.165, 1.54) is 0 Å². The lowest BCUT2D eigenvalue weighted by atomic mass is 10.1. The third-order valence-corrected chi connectivity index (χ3v) is 4.63. The molecular weight excluding hydrogens is 370 g/mol. The largest absolute Gasteiger partial charge is 0.382 e. The second-order valence-electron chi connectivity index (χ2n) is 6.54. The molecule has 0 bridgehead atoms. The van der Waals surface area contributed by atoms with Gasteiger partial charge in [0.15, 0.2) is 5.65 Å². The average Bonchev–Trinajstić information content (AvgIpc) is 3.18. The first-order valence-corrected chi connectivity index (χ1v) is 9.51. The standard InChI is InChI=1S/C21H21N5O3/c1-2-29-12-6-11-22-20(27)15-9-10-16-17(13-15)26-19(23-21(16)28)18(24-25-26)14-7-4-3-5-8-14/h3-5,7-10,13,25H,2,6,11-12H2,1H3,(H,22,27). The lowest BCUT2D eigenvalue weighted by Crippen LogP contribution is -2.25. The molecule has 2 aromatic heterocycles. The van der Waals surface area contributed by atoms with Crippen molar-refractivity contribution < 1.29 is 9.53 Å². The summed E-state index contributed by atoms with van der Waals surface area (Å²) in [4.78, 5) is 29.2. The van der Waals surface area contributed by atoms with Gasteiger partial charge in [0.25, 0.3) is 11.5 Å². The van der Waals surface area contributed by atoms with E-state index in [2.05, 4.69) is 20.6 Å². The fraction of sp³-hybridized carbons (Fsp3) is 0.238. The van der Waals surface area contributed by atoms with Crippen molar-refractivity contribution in [2.24, 2.45) is 0 Å². The Labute approximate surface area is 166 Å². The molecule has 8 nitrogen and oxygen atoms in total. The number of nitrogens with one attached hydrogen (secondary N) is 2. The van der Waals surface area contributed by atoms with Crippen LogP contribution < -0.4 is 10.9 Å². The third kappa shape index (κ3) is 3.74. The maximum atomic E-state index is 12.5. The number of nitrogens with zero attached hydrogens (tertiary/aromatic N) is 3. The molecule has 0 aliphatic heterocycles. The van der Waals surface area contributed by atoms with E-state index >= 15 is 0 Å². The Bertz CT molecular complexity index is 1210. The summed E-state index contributed by atoms with van der Waals surface area (Å²) in [5.74, 6) is -0.204. The minimum absolute atomic E-state index is 0.204. The van der Waals surface area contributed by atoms with Crippen LogP contribution >= 0.6 is 0 Å². The normalized spacial score (nSPS) is 11.2. The molecule has 4 aromatic rings. The zero-order valence-electron chi connectivity index (χ0n) is 16.0. The number of carbonyl (C=O) groups excluding carboxylic acids is 1. The van der Waals surface area contributed by atoms with Gasteiger partial charge in [-0.3, -0.25) is 9.59 Å². The SMILES string of the molecule is CCOCCCNC(=O)c1ccc2c(=O)nc3c(-c4ccccc4)n[nH]n3c2c1. The molecule has 4 rings (SSSR count). The minimum Gasteiger partial charge on any atom is -0.382 e.